The van der Waals surface area contributed by atoms with Gasteiger partial charge in [0.1, 0.15) is 11.2 Å². The summed E-state index contributed by atoms with van der Waals surface area (Å²) in [4.78, 5) is 15.6. The average molecular weight is 817 g/mol. The fraction of sp³-hybridized carbons (Fsp3) is 0. The minimum atomic E-state index is 0.675. The zero-order valence-electron chi connectivity index (χ0n) is 34.5. The van der Waals surface area contributed by atoms with Crippen molar-refractivity contribution in [3.8, 4) is 62.0 Å². The monoisotopic (exact) mass is 816 g/mol. The molecule has 0 aliphatic carbocycles. The Kier molecular flexibility index (Phi) is 8.15. The summed E-state index contributed by atoms with van der Waals surface area (Å²) in [7, 11) is 0. The molecule has 13 rings (SSSR count). The zero-order valence-corrected chi connectivity index (χ0v) is 34.5. The molecule has 0 N–H and O–H groups in total. The molecule has 0 saturated heterocycles. The van der Waals surface area contributed by atoms with Crippen molar-refractivity contribution in [1.29, 1.82) is 0 Å². The van der Waals surface area contributed by atoms with Gasteiger partial charge in [0.15, 0.2) is 5.82 Å². The molecule has 0 aliphatic heterocycles. The molecule has 5 nitrogen and oxygen atoms in total. The molecule has 9 aromatic carbocycles. The summed E-state index contributed by atoms with van der Waals surface area (Å²) in [5, 5.41) is 7.95. The molecule has 0 saturated carbocycles. The lowest BCUT2D eigenvalue weighted by molar-refractivity contribution is 0.669. The third-order valence-corrected chi connectivity index (χ3v) is 12.6. The molecule has 0 spiro atoms. The number of hydrogen-bond donors (Lipinski definition) is 0. The van der Waals surface area contributed by atoms with E-state index < -0.39 is 0 Å². The Morgan fingerprint density at radius 2 is 0.938 bits per heavy atom. The Hall–Kier alpha value is -8.67. The zero-order chi connectivity index (χ0) is 42.1. The lowest BCUT2D eigenvalue weighted by Crippen LogP contribution is -1.99. The van der Waals surface area contributed by atoms with E-state index in [2.05, 4.69) is 180 Å². The molecule has 4 aromatic heterocycles. The van der Waals surface area contributed by atoms with E-state index in [1.165, 1.54) is 16.2 Å². The second-order valence-electron chi connectivity index (χ2n) is 16.3. The van der Waals surface area contributed by atoms with E-state index in [0.717, 1.165) is 105 Å². The van der Waals surface area contributed by atoms with Gasteiger partial charge >= 0.3 is 0 Å². The number of furan rings is 1. The van der Waals surface area contributed by atoms with Crippen molar-refractivity contribution in [2.45, 2.75) is 0 Å². The highest BCUT2D eigenvalue weighted by Crippen LogP contribution is 2.47. The summed E-state index contributed by atoms with van der Waals surface area (Å²) in [5.41, 5.74) is 15.0. The SMILES string of the molecule is c1ccc(-c2cc(-c3ccccc3)nc(-c3ccc(-c4ccc5oc6ccccc6c5c4-n4c5ccccc5c5c6c(ccc54)c(-c4ccccc4)nc4ccccc46)cc3)n2)cc1. The highest BCUT2D eigenvalue weighted by molar-refractivity contribution is 6.30. The molecule has 0 amide bonds. The summed E-state index contributed by atoms with van der Waals surface area (Å²) >= 11 is 0. The lowest BCUT2D eigenvalue weighted by Gasteiger charge is -2.17. The van der Waals surface area contributed by atoms with Crippen molar-refractivity contribution in [3.63, 3.8) is 0 Å². The molecule has 0 unspecified atom stereocenters. The first-order valence-electron chi connectivity index (χ1n) is 21.6. The van der Waals surface area contributed by atoms with Crippen molar-refractivity contribution < 1.29 is 4.42 Å². The van der Waals surface area contributed by atoms with Crippen LogP contribution in [0.25, 0.3) is 127 Å². The number of benzene rings is 9. The minimum Gasteiger partial charge on any atom is -0.456 e. The lowest BCUT2D eigenvalue weighted by atomic mass is 9.96. The molecule has 64 heavy (non-hydrogen) atoms. The third kappa shape index (κ3) is 5.68. The molecular weight excluding hydrogens is 781 g/mol. The van der Waals surface area contributed by atoms with E-state index in [1.54, 1.807) is 0 Å². The smallest absolute Gasteiger partial charge is 0.160 e. The second kappa shape index (κ2) is 14.5. The van der Waals surface area contributed by atoms with Crippen LogP contribution in [0.15, 0.2) is 223 Å². The Labute approximate surface area is 368 Å². The first-order chi connectivity index (χ1) is 31.7. The molecule has 4 heterocycles. The highest BCUT2D eigenvalue weighted by atomic mass is 16.3. The van der Waals surface area contributed by atoms with Gasteiger partial charge in [0, 0.05) is 60.1 Å². The number of hydrogen-bond acceptors (Lipinski definition) is 4. The van der Waals surface area contributed by atoms with Crippen LogP contribution in [0.5, 0.6) is 0 Å². The van der Waals surface area contributed by atoms with Crippen LogP contribution in [0.2, 0.25) is 0 Å². The van der Waals surface area contributed by atoms with Gasteiger partial charge in [0.2, 0.25) is 0 Å². The summed E-state index contributed by atoms with van der Waals surface area (Å²) in [6.45, 7) is 0. The highest BCUT2D eigenvalue weighted by Gasteiger charge is 2.24. The molecule has 298 valence electrons. The number of para-hydroxylation sites is 3. The van der Waals surface area contributed by atoms with E-state index in [9.17, 15) is 0 Å². The predicted molar refractivity (Wildman–Crippen MR) is 264 cm³/mol. The second-order valence-corrected chi connectivity index (χ2v) is 16.3. The Morgan fingerprint density at radius 1 is 0.344 bits per heavy atom. The third-order valence-electron chi connectivity index (χ3n) is 12.6. The maximum absolute atomic E-state index is 6.63. The minimum absolute atomic E-state index is 0.675. The van der Waals surface area contributed by atoms with Gasteiger partial charge in [0.05, 0.1) is 44.7 Å². The number of pyridine rings is 1. The van der Waals surface area contributed by atoms with Crippen molar-refractivity contribution in [2.75, 3.05) is 0 Å². The molecule has 0 atom stereocenters. The van der Waals surface area contributed by atoms with Crippen molar-refractivity contribution >= 4 is 65.4 Å². The molecule has 13 aromatic rings. The summed E-state index contributed by atoms with van der Waals surface area (Å²) < 4.78 is 9.10. The van der Waals surface area contributed by atoms with Crippen LogP contribution in [0, 0.1) is 0 Å². The van der Waals surface area contributed by atoms with Crippen molar-refractivity contribution in [3.05, 3.63) is 218 Å². The molecule has 0 bridgehead atoms. The van der Waals surface area contributed by atoms with Gasteiger partial charge in [-0.25, -0.2) is 15.0 Å². The molecule has 0 aliphatic rings. The fourth-order valence-electron chi connectivity index (χ4n) is 9.71. The van der Waals surface area contributed by atoms with Crippen molar-refractivity contribution in [2.24, 2.45) is 0 Å². The molecule has 5 heteroatoms. The van der Waals surface area contributed by atoms with E-state index >= 15 is 0 Å². The standard InChI is InChI=1S/C59H36N4O/c1-4-16-38(17-5-1)48-36-49(39-18-6-2-7-19-39)62-59(61-48)41-30-28-37(29-31-41)42-33-35-53-56(45-24-12-15-27-52(45)64-53)58(42)63-50-26-14-11-23-44(50)55-51(63)34-32-46-54(55)43-22-10-13-25-47(43)60-57(46)40-20-8-3-9-21-40/h1-36H. The molecule has 0 radical (unpaired) electrons. The van der Waals surface area contributed by atoms with Crippen LogP contribution in [0.3, 0.4) is 0 Å². The summed E-state index contributed by atoms with van der Waals surface area (Å²) in [6, 6.07) is 76.6. The van der Waals surface area contributed by atoms with E-state index in [4.69, 9.17) is 19.4 Å². The van der Waals surface area contributed by atoms with Crippen LogP contribution in [-0.4, -0.2) is 19.5 Å². The molecule has 0 fully saturated rings. The Balaban J connectivity index is 1.07. The Morgan fingerprint density at radius 3 is 1.66 bits per heavy atom. The van der Waals surface area contributed by atoms with Gasteiger partial charge in [-0.2, -0.15) is 0 Å². The topological polar surface area (TPSA) is 56.7 Å². The van der Waals surface area contributed by atoms with Crippen LogP contribution >= 0.6 is 0 Å². The van der Waals surface area contributed by atoms with Gasteiger partial charge < -0.3 is 8.98 Å². The first-order valence-corrected chi connectivity index (χ1v) is 21.6. The predicted octanol–water partition coefficient (Wildman–Crippen LogP) is 15.5. The number of fused-ring (bicyclic) bond motifs is 10. The number of rotatable bonds is 6. The van der Waals surface area contributed by atoms with Crippen LogP contribution < -0.4 is 0 Å². The van der Waals surface area contributed by atoms with E-state index in [0.29, 0.717) is 5.82 Å². The van der Waals surface area contributed by atoms with Gasteiger partial charge in [-0.3, -0.25) is 0 Å². The van der Waals surface area contributed by atoms with Crippen LogP contribution in [-0.2, 0) is 0 Å². The fourth-order valence-corrected chi connectivity index (χ4v) is 9.71. The number of nitrogens with zero attached hydrogens (tertiary/aromatic N) is 4. The summed E-state index contributed by atoms with van der Waals surface area (Å²) in [6.07, 6.45) is 0. The van der Waals surface area contributed by atoms with Gasteiger partial charge in [-0.15, -0.1) is 0 Å². The maximum atomic E-state index is 6.63. The summed E-state index contributed by atoms with van der Waals surface area (Å²) in [5.74, 6) is 0.675. The number of aromatic nitrogens is 4. The van der Waals surface area contributed by atoms with Gasteiger partial charge in [0.25, 0.3) is 0 Å². The Bertz CT molecular complexity index is 3870. The van der Waals surface area contributed by atoms with Crippen LogP contribution in [0.1, 0.15) is 0 Å². The quantitative estimate of drug-likeness (QED) is 0.157. The largest absolute Gasteiger partial charge is 0.456 e. The average Bonchev–Trinajstić information content (AvgIpc) is 3.92. The van der Waals surface area contributed by atoms with E-state index in [-0.39, 0.29) is 0 Å². The van der Waals surface area contributed by atoms with Crippen molar-refractivity contribution in [1.82, 2.24) is 19.5 Å². The normalized spacial score (nSPS) is 11.8. The van der Waals surface area contributed by atoms with Gasteiger partial charge in [-0.1, -0.05) is 176 Å². The molecular formula is C59H36N4O. The first kappa shape index (κ1) is 36.0. The van der Waals surface area contributed by atoms with E-state index in [1.807, 2.05) is 42.5 Å². The maximum Gasteiger partial charge on any atom is 0.160 e. The van der Waals surface area contributed by atoms with Crippen LogP contribution in [0.4, 0.5) is 0 Å². The van der Waals surface area contributed by atoms with Gasteiger partial charge in [-0.05, 0) is 48.0 Å².